The van der Waals surface area contributed by atoms with E-state index in [0.717, 1.165) is 0 Å². The third-order valence-electron chi connectivity index (χ3n) is 3.45. The quantitative estimate of drug-likeness (QED) is 0.639. The summed E-state index contributed by atoms with van der Waals surface area (Å²) in [5.41, 5.74) is 6.78. The van der Waals surface area contributed by atoms with Gasteiger partial charge in [0.25, 0.3) is 0 Å². The summed E-state index contributed by atoms with van der Waals surface area (Å²) >= 11 is 0. The minimum Gasteiger partial charge on any atom is -0.397 e. The molecule has 1 amide bonds. The van der Waals surface area contributed by atoms with Crippen molar-refractivity contribution in [3.8, 4) is 0 Å². The van der Waals surface area contributed by atoms with E-state index in [1.54, 1.807) is 6.92 Å². The Balaban J connectivity index is 2.38. The van der Waals surface area contributed by atoms with Crippen LogP contribution in [0.1, 0.15) is 30.6 Å². The number of anilines is 2. The number of nitrogens with one attached hydrogen (secondary N) is 1. The molecule has 0 heterocycles. The molecular weight excluding hydrogens is 328 g/mol. The van der Waals surface area contributed by atoms with Crippen LogP contribution >= 0.6 is 0 Å². The zero-order valence-electron chi connectivity index (χ0n) is 13.4. The van der Waals surface area contributed by atoms with E-state index >= 15 is 0 Å². The van der Waals surface area contributed by atoms with Crippen molar-refractivity contribution in [1.82, 2.24) is 0 Å². The van der Waals surface area contributed by atoms with Gasteiger partial charge in [0.1, 0.15) is 0 Å². The number of nitrogen functional groups attached to an aromatic ring is 1. The van der Waals surface area contributed by atoms with Gasteiger partial charge in [0, 0.05) is 18.9 Å². The minimum atomic E-state index is -3.76. The van der Waals surface area contributed by atoms with Gasteiger partial charge >= 0.3 is 0 Å². The van der Waals surface area contributed by atoms with Gasteiger partial charge in [-0.05, 0) is 30.3 Å². The predicted molar refractivity (Wildman–Crippen MR) is 91.7 cm³/mol. The first-order chi connectivity index (χ1) is 11.3. The van der Waals surface area contributed by atoms with E-state index in [0.29, 0.717) is 17.7 Å². The molecule has 0 spiro atoms. The van der Waals surface area contributed by atoms with Crippen LogP contribution in [0.4, 0.5) is 11.4 Å². The summed E-state index contributed by atoms with van der Waals surface area (Å²) in [6.45, 7) is 3.08. The van der Waals surface area contributed by atoms with Crippen LogP contribution in [0.25, 0.3) is 0 Å². The van der Waals surface area contributed by atoms with E-state index in [1.807, 2.05) is 0 Å². The number of rotatable bonds is 5. The van der Waals surface area contributed by atoms with Crippen LogP contribution < -0.4 is 11.1 Å². The highest BCUT2D eigenvalue weighted by molar-refractivity contribution is 7.91. The summed E-state index contributed by atoms with van der Waals surface area (Å²) < 4.78 is 25.3. The summed E-state index contributed by atoms with van der Waals surface area (Å²) in [6, 6.07) is 9.90. The van der Waals surface area contributed by atoms with Gasteiger partial charge in [0.2, 0.25) is 15.7 Å². The Labute approximate surface area is 140 Å². The zero-order chi connectivity index (χ0) is 17.9. The fourth-order valence-corrected chi connectivity index (χ4v) is 3.47. The normalized spacial score (nSPS) is 11.1. The van der Waals surface area contributed by atoms with E-state index < -0.39 is 9.84 Å². The lowest BCUT2D eigenvalue weighted by atomic mass is 10.1. The second-order valence-electron chi connectivity index (χ2n) is 5.23. The average molecular weight is 346 g/mol. The zero-order valence-corrected chi connectivity index (χ0v) is 14.2. The Morgan fingerprint density at radius 2 is 1.62 bits per heavy atom. The molecule has 0 unspecified atom stereocenters. The molecule has 3 N–H and O–H groups in total. The number of benzene rings is 2. The molecule has 0 radical (unpaired) electrons. The van der Waals surface area contributed by atoms with Gasteiger partial charge in [-0.3, -0.25) is 9.59 Å². The molecule has 126 valence electrons. The van der Waals surface area contributed by atoms with E-state index in [1.165, 1.54) is 49.4 Å². The van der Waals surface area contributed by atoms with Crippen LogP contribution in [0.2, 0.25) is 0 Å². The fraction of sp³-hybridized carbons (Fsp3) is 0.176. The fourth-order valence-electron chi connectivity index (χ4n) is 2.17. The number of hydrogen-bond acceptors (Lipinski definition) is 5. The van der Waals surface area contributed by atoms with Gasteiger partial charge in [-0.25, -0.2) is 8.42 Å². The Bertz CT molecular complexity index is 887. The van der Waals surface area contributed by atoms with Crippen molar-refractivity contribution >= 4 is 32.9 Å². The molecule has 0 aliphatic carbocycles. The first-order valence-corrected chi connectivity index (χ1v) is 8.79. The van der Waals surface area contributed by atoms with Crippen molar-refractivity contribution in [1.29, 1.82) is 0 Å². The molecular formula is C17H18N2O4S. The van der Waals surface area contributed by atoms with Crippen molar-refractivity contribution in [2.45, 2.75) is 30.1 Å². The Hall–Kier alpha value is -2.67. The standard InChI is InChI=1S/C17H18N2O4S/c1-3-17(21)12-4-6-13(7-5-12)24(22,23)14-8-9-16(15(18)10-14)19-11(2)20/h4-10H,3,18H2,1-2H3,(H,19,20). The molecule has 0 aliphatic rings. The lowest BCUT2D eigenvalue weighted by Crippen LogP contribution is -2.09. The number of Topliss-reactive ketones (excluding diaryl/α,β-unsaturated/α-hetero) is 1. The van der Waals surface area contributed by atoms with E-state index in [4.69, 9.17) is 5.73 Å². The number of sulfone groups is 1. The number of ketones is 1. The van der Waals surface area contributed by atoms with Crippen LogP contribution in [0, 0.1) is 0 Å². The summed E-state index contributed by atoms with van der Waals surface area (Å²) in [7, 11) is -3.76. The average Bonchev–Trinajstić information content (AvgIpc) is 2.55. The number of carbonyl (C=O) groups is 2. The van der Waals surface area contributed by atoms with Crippen LogP contribution in [0.5, 0.6) is 0 Å². The molecule has 6 nitrogen and oxygen atoms in total. The number of amides is 1. The first kappa shape index (κ1) is 17.7. The number of hydrogen-bond donors (Lipinski definition) is 2. The Morgan fingerprint density at radius 1 is 1.04 bits per heavy atom. The van der Waals surface area contributed by atoms with Crippen molar-refractivity contribution < 1.29 is 18.0 Å². The Kier molecular flexibility index (Phi) is 5.04. The SMILES string of the molecule is CCC(=O)c1ccc(S(=O)(=O)c2ccc(NC(C)=O)c(N)c2)cc1. The van der Waals surface area contributed by atoms with Crippen LogP contribution in [-0.4, -0.2) is 20.1 Å². The molecule has 2 aromatic carbocycles. The van der Waals surface area contributed by atoms with E-state index in [-0.39, 0.29) is 27.2 Å². The summed E-state index contributed by atoms with van der Waals surface area (Å²) in [5.74, 6) is -0.351. The highest BCUT2D eigenvalue weighted by Gasteiger charge is 2.19. The van der Waals surface area contributed by atoms with Crippen molar-refractivity contribution in [3.63, 3.8) is 0 Å². The van der Waals surface area contributed by atoms with Crippen molar-refractivity contribution in [3.05, 3.63) is 48.0 Å². The Morgan fingerprint density at radius 3 is 2.12 bits per heavy atom. The topological polar surface area (TPSA) is 106 Å². The number of nitrogens with two attached hydrogens (primary N) is 1. The van der Waals surface area contributed by atoms with Gasteiger partial charge in [-0.2, -0.15) is 0 Å². The molecule has 0 aliphatic heterocycles. The van der Waals surface area contributed by atoms with Crippen LogP contribution in [-0.2, 0) is 14.6 Å². The molecule has 7 heteroatoms. The smallest absolute Gasteiger partial charge is 0.221 e. The molecule has 24 heavy (non-hydrogen) atoms. The largest absolute Gasteiger partial charge is 0.397 e. The predicted octanol–water partition coefficient (Wildman–Crippen LogP) is 2.65. The highest BCUT2D eigenvalue weighted by atomic mass is 32.2. The first-order valence-electron chi connectivity index (χ1n) is 7.31. The highest BCUT2D eigenvalue weighted by Crippen LogP contribution is 2.27. The van der Waals surface area contributed by atoms with Gasteiger partial charge in [-0.15, -0.1) is 0 Å². The van der Waals surface area contributed by atoms with Gasteiger partial charge in [-0.1, -0.05) is 19.1 Å². The summed E-state index contributed by atoms with van der Waals surface area (Å²) in [5, 5.41) is 2.52. The lowest BCUT2D eigenvalue weighted by Gasteiger charge is -2.10. The monoisotopic (exact) mass is 346 g/mol. The van der Waals surface area contributed by atoms with Crippen LogP contribution in [0.15, 0.2) is 52.3 Å². The second kappa shape index (κ2) is 6.84. The third-order valence-corrected chi connectivity index (χ3v) is 5.22. The van der Waals surface area contributed by atoms with Crippen LogP contribution in [0.3, 0.4) is 0 Å². The van der Waals surface area contributed by atoms with Gasteiger partial charge in [0.15, 0.2) is 5.78 Å². The summed E-state index contributed by atoms with van der Waals surface area (Å²) in [6.07, 6.45) is 0.354. The maximum atomic E-state index is 12.6. The van der Waals surface area contributed by atoms with Gasteiger partial charge in [0.05, 0.1) is 21.2 Å². The molecule has 0 saturated heterocycles. The second-order valence-corrected chi connectivity index (χ2v) is 7.18. The van der Waals surface area contributed by atoms with E-state index in [2.05, 4.69) is 5.32 Å². The van der Waals surface area contributed by atoms with Crippen molar-refractivity contribution in [2.24, 2.45) is 0 Å². The number of carbonyl (C=O) groups excluding carboxylic acids is 2. The maximum Gasteiger partial charge on any atom is 0.221 e. The summed E-state index contributed by atoms with van der Waals surface area (Å²) in [4.78, 5) is 22.8. The molecule has 2 rings (SSSR count). The minimum absolute atomic E-state index is 0.0173. The third kappa shape index (κ3) is 3.62. The molecule has 0 fully saturated rings. The van der Waals surface area contributed by atoms with Gasteiger partial charge < -0.3 is 11.1 Å². The molecule has 0 atom stereocenters. The molecule has 0 bridgehead atoms. The lowest BCUT2D eigenvalue weighted by molar-refractivity contribution is -0.114. The van der Waals surface area contributed by atoms with Crippen molar-refractivity contribution in [2.75, 3.05) is 11.1 Å². The molecule has 2 aromatic rings. The van der Waals surface area contributed by atoms with E-state index in [9.17, 15) is 18.0 Å². The molecule has 0 saturated carbocycles. The molecule has 0 aromatic heterocycles. The maximum absolute atomic E-state index is 12.6.